The molecule has 2 heterocycles. The summed E-state index contributed by atoms with van der Waals surface area (Å²) in [6.45, 7) is 0.630. The van der Waals surface area contributed by atoms with Gasteiger partial charge in [0.2, 0.25) is 0 Å². The zero-order valence-electron chi connectivity index (χ0n) is 15.1. The van der Waals surface area contributed by atoms with Gasteiger partial charge in [0.1, 0.15) is 17.7 Å². The number of anilines is 1. The van der Waals surface area contributed by atoms with Gasteiger partial charge in [0.05, 0.1) is 18.5 Å². The first-order valence-corrected chi connectivity index (χ1v) is 8.97. The van der Waals surface area contributed by atoms with E-state index < -0.39 is 6.10 Å². The molecular weight excluding hydrogens is 342 g/mol. The maximum atomic E-state index is 12.5. The van der Waals surface area contributed by atoms with Gasteiger partial charge in [-0.15, -0.1) is 0 Å². The van der Waals surface area contributed by atoms with Gasteiger partial charge in [-0.05, 0) is 37.1 Å². The number of nitrogens with zero attached hydrogens (tertiary/aromatic N) is 2. The van der Waals surface area contributed by atoms with E-state index in [-0.39, 0.29) is 5.91 Å². The van der Waals surface area contributed by atoms with Crippen LogP contribution in [0.1, 0.15) is 12.8 Å². The molecule has 1 N–H and O–H groups in total. The quantitative estimate of drug-likeness (QED) is 0.751. The van der Waals surface area contributed by atoms with Crippen LogP contribution in [0.2, 0.25) is 0 Å². The Morgan fingerprint density at radius 2 is 2.04 bits per heavy atom. The monoisotopic (exact) mass is 363 g/mol. The van der Waals surface area contributed by atoms with Crippen LogP contribution in [0.5, 0.6) is 5.75 Å². The van der Waals surface area contributed by atoms with Crippen LogP contribution in [0.15, 0.2) is 60.7 Å². The molecule has 0 radical (unpaired) electrons. The highest BCUT2D eigenvalue weighted by molar-refractivity contribution is 5.94. The Morgan fingerprint density at radius 1 is 1.19 bits per heavy atom. The molecule has 4 rings (SSSR count). The van der Waals surface area contributed by atoms with Gasteiger partial charge in [0.25, 0.3) is 5.91 Å². The lowest BCUT2D eigenvalue weighted by atomic mass is 10.1. The van der Waals surface area contributed by atoms with E-state index in [0.29, 0.717) is 12.4 Å². The minimum atomic E-state index is -0.399. The summed E-state index contributed by atoms with van der Waals surface area (Å²) in [5.41, 5.74) is 2.53. The number of carbonyl (C=O) groups excluding carboxylic acids is 1. The Kier molecular flexibility index (Phi) is 4.89. The summed E-state index contributed by atoms with van der Waals surface area (Å²) in [5, 5.41) is 7.69. The largest absolute Gasteiger partial charge is 0.497 e. The highest BCUT2D eigenvalue weighted by atomic mass is 16.5. The number of hydrogen-bond acceptors (Lipinski definition) is 4. The Hall–Kier alpha value is -3.12. The summed E-state index contributed by atoms with van der Waals surface area (Å²) in [6.07, 6.45) is 1.25. The van der Waals surface area contributed by atoms with E-state index in [1.165, 1.54) is 0 Å². The van der Waals surface area contributed by atoms with Crippen molar-refractivity contribution in [1.82, 2.24) is 9.78 Å². The second-order valence-electron chi connectivity index (χ2n) is 6.39. The minimum Gasteiger partial charge on any atom is -0.497 e. The van der Waals surface area contributed by atoms with E-state index in [0.717, 1.165) is 35.5 Å². The van der Waals surface area contributed by atoms with Crippen molar-refractivity contribution in [2.45, 2.75) is 18.9 Å². The third-order valence-corrected chi connectivity index (χ3v) is 4.55. The summed E-state index contributed by atoms with van der Waals surface area (Å²) in [7, 11) is 1.63. The summed E-state index contributed by atoms with van der Waals surface area (Å²) < 4.78 is 12.5. The van der Waals surface area contributed by atoms with Crippen LogP contribution in [0.25, 0.3) is 16.9 Å². The number of nitrogens with one attached hydrogen (secondary N) is 1. The van der Waals surface area contributed by atoms with Crippen molar-refractivity contribution in [1.29, 1.82) is 0 Å². The number of amides is 1. The van der Waals surface area contributed by atoms with Crippen molar-refractivity contribution in [3.05, 3.63) is 60.7 Å². The third-order valence-electron chi connectivity index (χ3n) is 4.55. The van der Waals surface area contributed by atoms with Crippen molar-refractivity contribution in [2.24, 2.45) is 0 Å². The van der Waals surface area contributed by atoms with Crippen LogP contribution in [0.4, 0.5) is 5.82 Å². The molecule has 0 saturated carbocycles. The normalized spacial score (nSPS) is 16.3. The second-order valence-corrected chi connectivity index (χ2v) is 6.39. The molecule has 1 amide bonds. The standard InChI is InChI=1S/C21H21N3O3/c1-26-17-10-5-7-15(13-17)18-14-20(22-21(25)19-11-6-12-27-19)24(23-18)16-8-3-2-4-9-16/h2-5,7-10,13-14,19H,6,11-12H2,1H3,(H,22,25). The molecule has 3 aromatic rings. The van der Waals surface area contributed by atoms with Gasteiger partial charge in [0, 0.05) is 18.2 Å². The fraction of sp³-hybridized carbons (Fsp3) is 0.238. The van der Waals surface area contributed by atoms with E-state index in [1.54, 1.807) is 11.8 Å². The zero-order chi connectivity index (χ0) is 18.6. The Labute approximate surface area is 157 Å². The van der Waals surface area contributed by atoms with E-state index >= 15 is 0 Å². The SMILES string of the molecule is COc1cccc(-c2cc(NC(=O)C3CCCO3)n(-c3ccccc3)n2)c1. The van der Waals surface area contributed by atoms with Crippen LogP contribution < -0.4 is 10.1 Å². The van der Waals surface area contributed by atoms with Gasteiger partial charge in [-0.1, -0.05) is 30.3 Å². The predicted molar refractivity (Wildman–Crippen MR) is 103 cm³/mol. The molecule has 0 aliphatic carbocycles. The molecule has 1 aliphatic rings. The molecule has 1 atom stereocenters. The molecule has 2 aromatic carbocycles. The maximum Gasteiger partial charge on any atom is 0.254 e. The third kappa shape index (κ3) is 3.71. The van der Waals surface area contributed by atoms with Crippen LogP contribution in [-0.4, -0.2) is 35.5 Å². The van der Waals surface area contributed by atoms with E-state index in [2.05, 4.69) is 5.32 Å². The highest BCUT2D eigenvalue weighted by Crippen LogP contribution is 2.28. The van der Waals surface area contributed by atoms with Crippen LogP contribution in [0.3, 0.4) is 0 Å². The average Bonchev–Trinajstić information content (AvgIpc) is 3.39. The second kappa shape index (κ2) is 7.63. The van der Waals surface area contributed by atoms with Crippen LogP contribution >= 0.6 is 0 Å². The molecule has 1 fully saturated rings. The van der Waals surface area contributed by atoms with Crippen molar-refractivity contribution in [3.63, 3.8) is 0 Å². The van der Waals surface area contributed by atoms with Gasteiger partial charge in [-0.3, -0.25) is 4.79 Å². The first kappa shape index (κ1) is 17.3. The lowest BCUT2D eigenvalue weighted by molar-refractivity contribution is -0.124. The summed E-state index contributed by atoms with van der Waals surface area (Å²) in [5.74, 6) is 1.23. The van der Waals surface area contributed by atoms with Gasteiger partial charge in [-0.2, -0.15) is 5.10 Å². The van der Waals surface area contributed by atoms with Crippen molar-refractivity contribution in [3.8, 4) is 22.7 Å². The van der Waals surface area contributed by atoms with E-state index in [1.807, 2.05) is 60.7 Å². The molecule has 27 heavy (non-hydrogen) atoms. The molecule has 1 saturated heterocycles. The minimum absolute atomic E-state index is 0.137. The molecule has 1 unspecified atom stereocenters. The topological polar surface area (TPSA) is 65.4 Å². The smallest absolute Gasteiger partial charge is 0.254 e. The fourth-order valence-corrected chi connectivity index (χ4v) is 3.15. The van der Waals surface area contributed by atoms with Gasteiger partial charge in [-0.25, -0.2) is 4.68 Å². The highest BCUT2D eigenvalue weighted by Gasteiger charge is 2.25. The first-order valence-electron chi connectivity index (χ1n) is 8.97. The molecule has 6 heteroatoms. The molecule has 1 aliphatic heterocycles. The number of aromatic nitrogens is 2. The molecule has 6 nitrogen and oxygen atoms in total. The van der Waals surface area contributed by atoms with Gasteiger partial charge >= 0.3 is 0 Å². The zero-order valence-corrected chi connectivity index (χ0v) is 15.1. The van der Waals surface area contributed by atoms with Crippen LogP contribution in [0, 0.1) is 0 Å². The lowest BCUT2D eigenvalue weighted by Gasteiger charge is -2.12. The molecule has 0 spiro atoms. The van der Waals surface area contributed by atoms with Crippen molar-refractivity contribution >= 4 is 11.7 Å². The van der Waals surface area contributed by atoms with E-state index in [9.17, 15) is 4.79 Å². The van der Waals surface area contributed by atoms with Gasteiger partial charge < -0.3 is 14.8 Å². The lowest BCUT2D eigenvalue weighted by Crippen LogP contribution is -2.27. The van der Waals surface area contributed by atoms with Gasteiger partial charge in [0.15, 0.2) is 0 Å². The summed E-state index contributed by atoms with van der Waals surface area (Å²) >= 11 is 0. The van der Waals surface area contributed by atoms with Crippen LogP contribution in [-0.2, 0) is 9.53 Å². The number of ether oxygens (including phenoxy) is 2. The number of hydrogen-bond donors (Lipinski definition) is 1. The number of carbonyl (C=O) groups is 1. The summed E-state index contributed by atoms with van der Waals surface area (Å²) in [4.78, 5) is 12.5. The number of para-hydroxylation sites is 1. The summed E-state index contributed by atoms with van der Waals surface area (Å²) in [6, 6.07) is 19.3. The molecule has 1 aromatic heterocycles. The molecule has 138 valence electrons. The Balaban J connectivity index is 1.71. The number of benzene rings is 2. The van der Waals surface area contributed by atoms with E-state index in [4.69, 9.17) is 14.6 Å². The average molecular weight is 363 g/mol. The molecular formula is C21H21N3O3. The number of rotatable bonds is 5. The van der Waals surface area contributed by atoms with Crippen molar-refractivity contribution in [2.75, 3.05) is 19.0 Å². The first-order chi connectivity index (χ1) is 13.2. The number of methoxy groups -OCH3 is 1. The predicted octanol–water partition coefficient (Wildman–Crippen LogP) is 3.67. The van der Waals surface area contributed by atoms with Crippen molar-refractivity contribution < 1.29 is 14.3 Å². The maximum absolute atomic E-state index is 12.5. The fourth-order valence-electron chi connectivity index (χ4n) is 3.15. The Morgan fingerprint density at radius 3 is 2.78 bits per heavy atom. The molecule has 0 bridgehead atoms. The Bertz CT molecular complexity index is 931.